The van der Waals surface area contributed by atoms with E-state index in [9.17, 15) is 13.2 Å². The second-order valence-corrected chi connectivity index (χ2v) is 9.54. The first-order chi connectivity index (χ1) is 13.5. The number of anilines is 1. The van der Waals surface area contributed by atoms with Crippen LogP contribution in [0.1, 0.15) is 44.2 Å². The van der Waals surface area contributed by atoms with Crippen molar-refractivity contribution in [3.8, 4) is 0 Å². The summed E-state index contributed by atoms with van der Waals surface area (Å²) >= 11 is 1.63. The summed E-state index contributed by atoms with van der Waals surface area (Å²) < 4.78 is 28.3. The van der Waals surface area contributed by atoms with Crippen LogP contribution in [0, 0.1) is 0 Å². The summed E-state index contributed by atoms with van der Waals surface area (Å²) in [5, 5.41) is 6.88. The van der Waals surface area contributed by atoms with Crippen molar-refractivity contribution < 1.29 is 13.2 Å². The van der Waals surface area contributed by atoms with Crippen LogP contribution in [0.15, 0.2) is 46.0 Å². The van der Waals surface area contributed by atoms with Crippen molar-refractivity contribution >= 4 is 33.0 Å². The zero-order chi connectivity index (χ0) is 20.0. The van der Waals surface area contributed by atoms with Gasteiger partial charge < -0.3 is 5.32 Å². The minimum absolute atomic E-state index is 0.0520. The summed E-state index contributed by atoms with van der Waals surface area (Å²) in [5.41, 5.74) is 1.76. The summed E-state index contributed by atoms with van der Waals surface area (Å²) in [5.74, 6) is -0.0690. The number of likely N-dealkylation sites (tertiary alicyclic amines) is 1. The Balaban J connectivity index is 1.66. The number of benzene rings is 1. The molecule has 0 aliphatic carbocycles. The molecule has 1 fully saturated rings. The Hall–Kier alpha value is -1.74. The van der Waals surface area contributed by atoms with E-state index < -0.39 is 10.0 Å². The lowest BCUT2D eigenvalue weighted by atomic mass is 10.1. The molecular weight excluding hydrogens is 394 g/mol. The van der Waals surface area contributed by atoms with Crippen molar-refractivity contribution in [2.75, 3.05) is 25.0 Å². The number of amides is 1. The molecule has 1 aliphatic heterocycles. The molecule has 152 valence electrons. The van der Waals surface area contributed by atoms with Crippen LogP contribution in [0.3, 0.4) is 0 Å². The number of carbonyl (C=O) groups excluding carboxylic acids is 1. The summed E-state index contributed by atoms with van der Waals surface area (Å²) in [7, 11) is -3.62. The van der Waals surface area contributed by atoms with Gasteiger partial charge in [0.05, 0.1) is 4.90 Å². The van der Waals surface area contributed by atoms with Crippen LogP contribution in [-0.4, -0.2) is 38.9 Å². The monoisotopic (exact) mass is 421 g/mol. The molecule has 0 bridgehead atoms. The largest absolute Gasteiger partial charge is 0.326 e. The first-order valence-electron chi connectivity index (χ1n) is 9.65. The highest BCUT2D eigenvalue weighted by Gasteiger charge is 2.26. The highest BCUT2D eigenvalue weighted by Crippen LogP contribution is 2.26. The molecule has 1 aromatic heterocycles. The van der Waals surface area contributed by atoms with E-state index in [2.05, 4.69) is 26.4 Å². The Labute approximate surface area is 171 Å². The molecule has 2 heterocycles. The van der Waals surface area contributed by atoms with E-state index in [1.54, 1.807) is 23.5 Å². The maximum absolute atomic E-state index is 12.7. The number of nitrogens with one attached hydrogen (secondary N) is 2. The Morgan fingerprint density at radius 3 is 2.50 bits per heavy atom. The topological polar surface area (TPSA) is 78.5 Å². The first-order valence-corrected chi connectivity index (χ1v) is 12.1. The molecule has 2 aromatic rings. The lowest BCUT2D eigenvalue weighted by Crippen LogP contribution is -2.36. The number of sulfonamides is 1. The van der Waals surface area contributed by atoms with Crippen LogP contribution in [0.4, 0.5) is 5.69 Å². The summed E-state index contributed by atoms with van der Waals surface area (Å²) in [4.78, 5) is 14.2. The molecule has 1 unspecified atom stereocenters. The van der Waals surface area contributed by atoms with Crippen molar-refractivity contribution in [3.63, 3.8) is 0 Å². The molecule has 0 spiro atoms. The van der Waals surface area contributed by atoms with E-state index in [0.29, 0.717) is 18.7 Å². The van der Waals surface area contributed by atoms with Gasteiger partial charge in [0.15, 0.2) is 0 Å². The standard InChI is InChI=1S/C20H27N3O3S2/c1-2-5-20(24)22-17-6-8-18(9-7-17)28(25,26)21-14-19(16-10-13-27-15-16)23-11-3-4-12-23/h6-10,13,15,19,21H,2-5,11-12,14H2,1H3,(H,22,24). The molecule has 1 aromatic carbocycles. The number of carbonyl (C=O) groups is 1. The molecule has 1 amide bonds. The fraction of sp³-hybridized carbons (Fsp3) is 0.450. The first kappa shape index (κ1) is 21.0. The SMILES string of the molecule is CCCC(=O)Nc1ccc(S(=O)(=O)NCC(c2ccsc2)N2CCCC2)cc1. The molecule has 1 aliphatic rings. The highest BCUT2D eigenvalue weighted by molar-refractivity contribution is 7.89. The van der Waals surface area contributed by atoms with Gasteiger partial charge in [0.1, 0.15) is 0 Å². The van der Waals surface area contributed by atoms with Crippen molar-refractivity contribution in [2.45, 2.75) is 43.5 Å². The third kappa shape index (κ3) is 5.41. The second kappa shape index (κ2) is 9.65. The minimum Gasteiger partial charge on any atom is -0.326 e. The molecule has 1 atom stereocenters. The summed E-state index contributed by atoms with van der Waals surface area (Å²) in [6.07, 6.45) is 3.52. The van der Waals surface area contributed by atoms with E-state index in [-0.39, 0.29) is 16.8 Å². The maximum atomic E-state index is 12.7. The van der Waals surface area contributed by atoms with Gasteiger partial charge in [-0.15, -0.1) is 0 Å². The lowest BCUT2D eigenvalue weighted by Gasteiger charge is -2.27. The predicted molar refractivity (Wildman–Crippen MR) is 113 cm³/mol. The van der Waals surface area contributed by atoms with Crippen molar-refractivity contribution in [2.24, 2.45) is 0 Å². The van der Waals surface area contributed by atoms with Crippen molar-refractivity contribution in [1.82, 2.24) is 9.62 Å². The van der Waals surface area contributed by atoms with Gasteiger partial charge in [-0.2, -0.15) is 11.3 Å². The number of rotatable bonds is 9. The summed E-state index contributed by atoms with van der Waals surface area (Å²) in [6.45, 7) is 4.27. The van der Waals surface area contributed by atoms with Crippen LogP contribution in [0.25, 0.3) is 0 Å². The van der Waals surface area contributed by atoms with E-state index in [4.69, 9.17) is 0 Å². The highest BCUT2D eigenvalue weighted by atomic mass is 32.2. The van der Waals surface area contributed by atoms with Gasteiger partial charge in [0.2, 0.25) is 15.9 Å². The predicted octanol–water partition coefficient (Wildman–Crippen LogP) is 3.60. The molecule has 1 saturated heterocycles. The number of hydrogen-bond donors (Lipinski definition) is 2. The van der Waals surface area contributed by atoms with Gasteiger partial charge in [0, 0.05) is 24.7 Å². The normalized spacial score (nSPS) is 16.2. The third-order valence-electron chi connectivity index (χ3n) is 4.90. The second-order valence-electron chi connectivity index (χ2n) is 6.99. The Bertz CT molecular complexity index is 859. The molecule has 6 nitrogen and oxygen atoms in total. The van der Waals surface area contributed by atoms with E-state index in [1.807, 2.05) is 12.3 Å². The van der Waals surface area contributed by atoms with Crippen LogP contribution >= 0.6 is 11.3 Å². The molecule has 8 heteroatoms. The van der Waals surface area contributed by atoms with E-state index in [1.165, 1.54) is 12.1 Å². The molecule has 0 radical (unpaired) electrons. The fourth-order valence-electron chi connectivity index (χ4n) is 3.42. The lowest BCUT2D eigenvalue weighted by molar-refractivity contribution is -0.116. The zero-order valence-corrected chi connectivity index (χ0v) is 17.7. The summed E-state index contributed by atoms with van der Waals surface area (Å²) in [6, 6.07) is 8.42. The molecule has 28 heavy (non-hydrogen) atoms. The van der Waals surface area contributed by atoms with Crippen molar-refractivity contribution in [1.29, 1.82) is 0 Å². The molecule has 0 saturated carbocycles. The molecular formula is C20H27N3O3S2. The van der Waals surface area contributed by atoms with E-state index >= 15 is 0 Å². The number of nitrogens with zero attached hydrogens (tertiary/aromatic N) is 1. The van der Waals surface area contributed by atoms with Crippen LogP contribution in [0.2, 0.25) is 0 Å². The molecule has 2 N–H and O–H groups in total. The molecule has 3 rings (SSSR count). The van der Waals surface area contributed by atoms with Gasteiger partial charge in [0.25, 0.3) is 0 Å². The Morgan fingerprint density at radius 2 is 1.89 bits per heavy atom. The van der Waals surface area contributed by atoms with Crippen LogP contribution < -0.4 is 10.0 Å². The average molecular weight is 422 g/mol. The van der Waals surface area contributed by atoms with E-state index in [0.717, 1.165) is 37.9 Å². The van der Waals surface area contributed by atoms with Gasteiger partial charge in [-0.05, 0) is 79.0 Å². The van der Waals surface area contributed by atoms with Crippen LogP contribution in [0.5, 0.6) is 0 Å². The fourth-order valence-corrected chi connectivity index (χ4v) is 5.16. The van der Waals surface area contributed by atoms with Crippen molar-refractivity contribution in [3.05, 3.63) is 46.7 Å². The number of hydrogen-bond acceptors (Lipinski definition) is 5. The zero-order valence-electron chi connectivity index (χ0n) is 16.1. The maximum Gasteiger partial charge on any atom is 0.240 e. The minimum atomic E-state index is -3.62. The van der Waals surface area contributed by atoms with Crippen LogP contribution in [-0.2, 0) is 14.8 Å². The van der Waals surface area contributed by atoms with Gasteiger partial charge in [-0.3, -0.25) is 9.69 Å². The van der Waals surface area contributed by atoms with Gasteiger partial charge >= 0.3 is 0 Å². The third-order valence-corrected chi connectivity index (χ3v) is 7.04. The average Bonchev–Trinajstić information content (AvgIpc) is 3.37. The Morgan fingerprint density at radius 1 is 1.18 bits per heavy atom. The van der Waals surface area contributed by atoms with Gasteiger partial charge in [-0.1, -0.05) is 6.92 Å². The number of thiophene rings is 1. The van der Waals surface area contributed by atoms with Gasteiger partial charge in [-0.25, -0.2) is 13.1 Å². The smallest absolute Gasteiger partial charge is 0.240 e. The quantitative estimate of drug-likeness (QED) is 0.648. The Kier molecular flexibility index (Phi) is 7.23.